The summed E-state index contributed by atoms with van der Waals surface area (Å²) in [4.78, 5) is 13.2. The molecule has 1 heterocycles. The zero-order valence-corrected chi connectivity index (χ0v) is 12.6. The SMILES string of the molecule is CC(C)(C)OC(=O)N1COc2c(Br)ccc(F)c2C1. The summed E-state index contributed by atoms with van der Waals surface area (Å²) < 4.78 is 25.1. The lowest BCUT2D eigenvalue weighted by Gasteiger charge is -2.31. The molecule has 0 unspecified atom stereocenters. The van der Waals surface area contributed by atoms with E-state index in [1.807, 2.05) is 0 Å². The number of halogens is 2. The monoisotopic (exact) mass is 331 g/mol. The summed E-state index contributed by atoms with van der Waals surface area (Å²) in [6, 6.07) is 2.92. The molecule has 0 aliphatic carbocycles. The van der Waals surface area contributed by atoms with Gasteiger partial charge < -0.3 is 9.47 Å². The summed E-state index contributed by atoms with van der Waals surface area (Å²) in [6.45, 7) is 5.52. The van der Waals surface area contributed by atoms with E-state index in [1.165, 1.54) is 11.0 Å². The van der Waals surface area contributed by atoms with Crippen molar-refractivity contribution >= 4 is 22.0 Å². The summed E-state index contributed by atoms with van der Waals surface area (Å²) in [5, 5.41) is 0. The topological polar surface area (TPSA) is 38.8 Å². The van der Waals surface area contributed by atoms with Crippen molar-refractivity contribution < 1.29 is 18.7 Å². The summed E-state index contributed by atoms with van der Waals surface area (Å²) >= 11 is 3.30. The lowest BCUT2D eigenvalue weighted by Crippen LogP contribution is -2.41. The molecule has 1 amide bonds. The first-order valence-corrected chi connectivity index (χ1v) is 6.65. The van der Waals surface area contributed by atoms with Gasteiger partial charge in [-0.05, 0) is 48.8 Å². The van der Waals surface area contributed by atoms with Crippen LogP contribution >= 0.6 is 15.9 Å². The smallest absolute Gasteiger partial charge is 0.413 e. The number of carbonyl (C=O) groups excluding carboxylic acids is 1. The van der Waals surface area contributed by atoms with Gasteiger partial charge in [0.25, 0.3) is 0 Å². The molecule has 104 valence electrons. The molecular weight excluding hydrogens is 317 g/mol. The third-order valence-electron chi connectivity index (χ3n) is 2.52. The molecule has 0 aromatic heterocycles. The molecule has 19 heavy (non-hydrogen) atoms. The summed E-state index contributed by atoms with van der Waals surface area (Å²) in [5.41, 5.74) is -0.237. The Hall–Kier alpha value is -1.30. The van der Waals surface area contributed by atoms with Crippen molar-refractivity contribution in [2.45, 2.75) is 32.9 Å². The molecule has 0 bridgehead atoms. The van der Waals surface area contributed by atoms with E-state index in [0.717, 1.165) is 0 Å². The van der Waals surface area contributed by atoms with Crippen LogP contribution in [-0.4, -0.2) is 23.3 Å². The van der Waals surface area contributed by atoms with Gasteiger partial charge in [-0.2, -0.15) is 0 Å². The minimum Gasteiger partial charge on any atom is -0.471 e. The van der Waals surface area contributed by atoms with Crippen LogP contribution in [0.4, 0.5) is 9.18 Å². The Morgan fingerprint density at radius 1 is 1.47 bits per heavy atom. The summed E-state index contributed by atoms with van der Waals surface area (Å²) in [6.07, 6.45) is -0.516. The van der Waals surface area contributed by atoms with E-state index >= 15 is 0 Å². The predicted octanol–water partition coefficient (Wildman–Crippen LogP) is 3.68. The normalized spacial score (nSPS) is 14.7. The molecule has 0 atom stereocenters. The van der Waals surface area contributed by atoms with E-state index in [2.05, 4.69) is 15.9 Å². The van der Waals surface area contributed by atoms with Gasteiger partial charge in [0.1, 0.15) is 17.2 Å². The van der Waals surface area contributed by atoms with Crippen molar-refractivity contribution in [3.05, 3.63) is 28.0 Å². The maximum atomic E-state index is 13.7. The summed E-state index contributed by atoms with van der Waals surface area (Å²) in [7, 11) is 0. The van der Waals surface area contributed by atoms with Crippen LogP contribution in [0.2, 0.25) is 0 Å². The molecule has 2 rings (SSSR count). The van der Waals surface area contributed by atoms with E-state index in [9.17, 15) is 9.18 Å². The fourth-order valence-corrected chi connectivity index (χ4v) is 2.19. The molecule has 0 radical (unpaired) electrons. The van der Waals surface area contributed by atoms with E-state index in [4.69, 9.17) is 9.47 Å². The zero-order valence-electron chi connectivity index (χ0n) is 11.0. The van der Waals surface area contributed by atoms with Crippen molar-refractivity contribution in [3.63, 3.8) is 0 Å². The Bertz CT molecular complexity index is 513. The van der Waals surface area contributed by atoms with Crippen molar-refractivity contribution in [3.8, 4) is 5.75 Å². The van der Waals surface area contributed by atoms with Gasteiger partial charge in [0, 0.05) is 0 Å². The van der Waals surface area contributed by atoms with Gasteiger partial charge in [0.15, 0.2) is 6.73 Å². The number of hydrogen-bond donors (Lipinski definition) is 0. The number of fused-ring (bicyclic) bond motifs is 1. The van der Waals surface area contributed by atoms with Crippen molar-refractivity contribution in [2.75, 3.05) is 6.73 Å². The fourth-order valence-electron chi connectivity index (χ4n) is 1.70. The Balaban J connectivity index is 2.18. The number of carbonyl (C=O) groups is 1. The van der Waals surface area contributed by atoms with Gasteiger partial charge in [0.2, 0.25) is 0 Å². The Labute approximate surface area is 119 Å². The highest BCUT2D eigenvalue weighted by Crippen LogP contribution is 2.35. The summed E-state index contributed by atoms with van der Waals surface area (Å²) in [5.74, 6) is 0.0475. The van der Waals surface area contributed by atoms with E-state index in [1.54, 1.807) is 26.8 Å². The van der Waals surface area contributed by atoms with Crippen LogP contribution in [0.3, 0.4) is 0 Å². The standard InChI is InChI=1S/C13H15BrFNO3/c1-13(2,3)19-12(17)16-6-8-10(15)5-4-9(14)11(8)18-7-16/h4-5H,6-7H2,1-3H3. The van der Waals surface area contributed by atoms with Crippen LogP contribution < -0.4 is 4.74 Å². The van der Waals surface area contributed by atoms with Crippen LogP contribution in [0.5, 0.6) is 5.75 Å². The molecule has 0 spiro atoms. The number of benzene rings is 1. The highest BCUT2D eigenvalue weighted by atomic mass is 79.9. The van der Waals surface area contributed by atoms with Gasteiger partial charge in [-0.3, -0.25) is 4.90 Å². The number of ether oxygens (including phenoxy) is 2. The Morgan fingerprint density at radius 2 is 2.16 bits per heavy atom. The van der Waals surface area contributed by atoms with Gasteiger partial charge in [0.05, 0.1) is 16.6 Å². The number of hydrogen-bond acceptors (Lipinski definition) is 3. The Morgan fingerprint density at radius 3 is 2.79 bits per heavy atom. The molecule has 4 nitrogen and oxygen atoms in total. The average Bonchev–Trinajstić information content (AvgIpc) is 2.31. The van der Waals surface area contributed by atoms with Gasteiger partial charge in [-0.25, -0.2) is 9.18 Å². The van der Waals surface area contributed by atoms with Crippen LogP contribution in [-0.2, 0) is 11.3 Å². The first kappa shape index (κ1) is 14.1. The first-order valence-electron chi connectivity index (χ1n) is 5.85. The predicted molar refractivity (Wildman–Crippen MR) is 71.4 cm³/mol. The maximum Gasteiger partial charge on any atom is 0.413 e. The van der Waals surface area contributed by atoms with E-state index in [0.29, 0.717) is 15.8 Å². The molecule has 0 fully saturated rings. The number of amides is 1. The highest BCUT2D eigenvalue weighted by molar-refractivity contribution is 9.10. The Kier molecular flexibility index (Phi) is 3.71. The van der Waals surface area contributed by atoms with Crippen molar-refractivity contribution in [1.82, 2.24) is 4.90 Å². The minimum atomic E-state index is -0.590. The third kappa shape index (κ3) is 3.18. The van der Waals surface area contributed by atoms with Gasteiger partial charge in [-0.15, -0.1) is 0 Å². The van der Waals surface area contributed by atoms with Crippen LogP contribution in [0.15, 0.2) is 16.6 Å². The van der Waals surface area contributed by atoms with Crippen molar-refractivity contribution in [1.29, 1.82) is 0 Å². The van der Waals surface area contributed by atoms with Crippen LogP contribution in [0.25, 0.3) is 0 Å². The van der Waals surface area contributed by atoms with E-state index < -0.39 is 17.5 Å². The molecule has 1 aliphatic heterocycles. The fraction of sp³-hybridized carbons (Fsp3) is 0.462. The molecule has 1 aromatic rings. The maximum absolute atomic E-state index is 13.7. The van der Waals surface area contributed by atoms with Crippen LogP contribution in [0, 0.1) is 5.82 Å². The average molecular weight is 332 g/mol. The molecule has 6 heteroatoms. The highest BCUT2D eigenvalue weighted by Gasteiger charge is 2.29. The van der Waals surface area contributed by atoms with Gasteiger partial charge >= 0.3 is 6.09 Å². The van der Waals surface area contributed by atoms with Crippen LogP contribution in [0.1, 0.15) is 26.3 Å². The molecule has 1 aromatic carbocycles. The first-order chi connectivity index (χ1) is 8.78. The van der Waals surface area contributed by atoms with Crippen molar-refractivity contribution in [2.24, 2.45) is 0 Å². The molecular formula is C13H15BrFNO3. The van der Waals surface area contributed by atoms with E-state index in [-0.39, 0.29) is 13.3 Å². The quantitative estimate of drug-likeness (QED) is 0.728. The second-order valence-corrected chi connectivity index (χ2v) is 6.14. The lowest BCUT2D eigenvalue weighted by molar-refractivity contribution is 0.00172. The minimum absolute atomic E-state index is 0.0456. The zero-order chi connectivity index (χ0) is 14.2. The molecule has 0 saturated heterocycles. The molecule has 0 saturated carbocycles. The largest absolute Gasteiger partial charge is 0.471 e. The number of rotatable bonds is 0. The second kappa shape index (κ2) is 5.00. The second-order valence-electron chi connectivity index (χ2n) is 5.29. The number of nitrogens with zero attached hydrogens (tertiary/aromatic N) is 1. The molecule has 1 aliphatic rings. The third-order valence-corrected chi connectivity index (χ3v) is 3.15. The lowest BCUT2D eigenvalue weighted by atomic mass is 10.1. The molecule has 0 N–H and O–H groups in total. The van der Waals surface area contributed by atoms with Gasteiger partial charge in [-0.1, -0.05) is 0 Å².